The van der Waals surface area contributed by atoms with Crippen molar-refractivity contribution in [3.63, 3.8) is 0 Å². The lowest BCUT2D eigenvalue weighted by atomic mass is 10.0. The summed E-state index contributed by atoms with van der Waals surface area (Å²) >= 11 is 6.10. The first-order chi connectivity index (χ1) is 11.0. The van der Waals surface area contributed by atoms with Gasteiger partial charge >= 0.3 is 0 Å². The van der Waals surface area contributed by atoms with Crippen molar-refractivity contribution < 1.29 is 9.53 Å². The Morgan fingerprint density at radius 3 is 2.61 bits per heavy atom. The zero-order valence-corrected chi connectivity index (χ0v) is 14.1. The van der Waals surface area contributed by atoms with Gasteiger partial charge in [-0.3, -0.25) is 4.79 Å². The first-order valence-corrected chi connectivity index (χ1v) is 8.20. The number of carbonyl (C=O) groups excluding carboxylic acids is 1. The molecule has 0 fully saturated rings. The van der Waals surface area contributed by atoms with Gasteiger partial charge < -0.3 is 9.64 Å². The van der Waals surface area contributed by atoms with Crippen LogP contribution in [-0.4, -0.2) is 18.1 Å². The van der Waals surface area contributed by atoms with Gasteiger partial charge in [-0.25, -0.2) is 0 Å². The maximum Gasteiger partial charge on any atom is 0.270 e. The topological polar surface area (TPSA) is 29.5 Å². The van der Waals surface area contributed by atoms with Crippen LogP contribution in [0.5, 0.6) is 5.75 Å². The van der Waals surface area contributed by atoms with E-state index < -0.39 is 5.60 Å². The number of nitrogens with zero attached hydrogens (tertiary/aromatic N) is 1. The van der Waals surface area contributed by atoms with Crippen molar-refractivity contribution in [2.24, 2.45) is 0 Å². The highest BCUT2D eigenvalue weighted by atomic mass is 35.5. The molecule has 1 aliphatic rings. The van der Waals surface area contributed by atoms with E-state index in [1.165, 1.54) is 5.56 Å². The molecule has 1 heterocycles. The number of aryl methyl sites for hydroxylation is 1. The quantitative estimate of drug-likeness (QED) is 0.827. The van der Waals surface area contributed by atoms with Gasteiger partial charge in [0.25, 0.3) is 5.91 Å². The Balaban J connectivity index is 1.79. The predicted octanol–water partition coefficient (Wildman–Crippen LogP) is 4.48. The minimum atomic E-state index is -0.854. The van der Waals surface area contributed by atoms with Gasteiger partial charge in [-0.05, 0) is 50.5 Å². The zero-order valence-electron chi connectivity index (χ0n) is 13.4. The Bertz CT molecular complexity index is 713. The molecule has 4 heteroatoms. The van der Waals surface area contributed by atoms with Crippen molar-refractivity contribution in [3.05, 3.63) is 59.1 Å². The number of benzene rings is 2. The monoisotopic (exact) mass is 329 g/mol. The van der Waals surface area contributed by atoms with Crippen LogP contribution in [-0.2, 0) is 11.2 Å². The number of fused-ring (bicyclic) bond motifs is 1. The molecular weight excluding hydrogens is 310 g/mol. The molecule has 2 aromatic rings. The number of carbonyl (C=O) groups is 1. The second-order valence-electron chi connectivity index (χ2n) is 6.27. The van der Waals surface area contributed by atoms with E-state index in [2.05, 4.69) is 12.1 Å². The van der Waals surface area contributed by atoms with Gasteiger partial charge in [-0.15, -0.1) is 0 Å². The van der Waals surface area contributed by atoms with E-state index in [4.69, 9.17) is 16.3 Å². The SMILES string of the molecule is CC1(C)Oc2ccc(Cl)cc2N(CCCc2ccccc2)C1=O. The van der Waals surface area contributed by atoms with E-state index in [1.54, 1.807) is 30.9 Å². The van der Waals surface area contributed by atoms with Gasteiger partial charge in [0.2, 0.25) is 0 Å². The molecule has 120 valence electrons. The Morgan fingerprint density at radius 1 is 1.13 bits per heavy atom. The minimum absolute atomic E-state index is 0.0275. The maximum absolute atomic E-state index is 12.7. The molecule has 0 spiro atoms. The van der Waals surface area contributed by atoms with E-state index in [1.807, 2.05) is 24.3 Å². The standard InChI is InChI=1S/C19H20ClNO2/c1-19(2)18(22)21(12-6-9-14-7-4-3-5-8-14)16-13-15(20)10-11-17(16)23-19/h3-5,7-8,10-11,13H,6,9,12H2,1-2H3. The molecule has 0 atom stereocenters. The second-order valence-corrected chi connectivity index (χ2v) is 6.71. The van der Waals surface area contributed by atoms with Crippen molar-refractivity contribution in [3.8, 4) is 5.75 Å². The highest BCUT2D eigenvalue weighted by molar-refractivity contribution is 6.31. The molecule has 0 saturated carbocycles. The van der Waals surface area contributed by atoms with Crippen LogP contribution in [0, 0.1) is 0 Å². The summed E-state index contributed by atoms with van der Waals surface area (Å²) in [7, 11) is 0. The summed E-state index contributed by atoms with van der Waals surface area (Å²) in [6.45, 7) is 4.25. The summed E-state index contributed by atoms with van der Waals surface area (Å²) in [5.41, 5.74) is 1.18. The Hall–Kier alpha value is -2.00. The molecule has 0 radical (unpaired) electrons. The van der Waals surface area contributed by atoms with Gasteiger partial charge in [0, 0.05) is 11.6 Å². The Kier molecular flexibility index (Phi) is 4.31. The van der Waals surface area contributed by atoms with Gasteiger partial charge in [0.1, 0.15) is 5.75 Å². The van der Waals surface area contributed by atoms with Crippen LogP contribution in [0.3, 0.4) is 0 Å². The van der Waals surface area contributed by atoms with Crippen LogP contribution in [0.1, 0.15) is 25.8 Å². The smallest absolute Gasteiger partial charge is 0.270 e. The van der Waals surface area contributed by atoms with E-state index in [9.17, 15) is 4.79 Å². The lowest BCUT2D eigenvalue weighted by Gasteiger charge is -2.39. The number of halogens is 1. The van der Waals surface area contributed by atoms with E-state index in [0.29, 0.717) is 17.3 Å². The normalized spacial score (nSPS) is 16.0. The van der Waals surface area contributed by atoms with Crippen molar-refractivity contribution in [1.82, 2.24) is 0 Å². The fourth-order valence-corrected chi connectivity index (χ4v) is 3.02. The number of rotatable bonds is 4. The molecule has 0 saturated heterocycles. The average molecular weight is 330 g/mol. The zero-order chi connectivity index (χ0) is 16.4. The number of anilines is 1. The van der Waals surface area contributed by atoms with Crippen LogP contribution in [0.25, 0.3) is 0 Å². The summed E-state index contributed by atoms with van der Waals surface area (Å²) in [4.78, 5) is 14.5. The Morgan fingerprint density at radius 2 is 1.87 bits per heavy atom. The van der Waals surface area contributed by atoms with Crippen molar-refractivity contribution in [1.29, 1.82) is 0 Å². The van der Waals surface area contributed by atoms with E-state index in [0.717, 1.165) is 18.5 Å². The van der Waals surface area contributed by atoms with Crippen LogP contribution in [0.2, 0.25) is 5.02 Å². The third-order valence-electron chi connectivity index (χ3n) is 4.03. The number of hydrogen-bond donors (Lipinski definition) is 0. The van der Waals surface area contributed by atoms with Gasteiger partial charge in [-0.1, -0.05) is 41.9 Å². The number of ether oxygens (including phenoxy) is 1. The van der Waals surface area contributed by atoms with Crippen LogP contribution in [0.15, 0.2) is 48.5 Å². The van der Waals surface area contributed by atoms with Crippen molar-refractivity contribution in [2.75, 3.05) is 11.4 Å². The highest BCUT2D eigenvalue weighted by Gasteiger charge is 2.40. The summed E-state index contributed by atoms with van der Waals surface area (Å²) in [6.07, 6.45) is 1.82. The molecule has 2 aromatic carbocycles. The fraction of sp³-hybridized carbons (Fsp3) is 0.316. The molecule has 0 N–H and O–H groups in total. The molecule has 0 bridgehead atoms. The predicted molar refractivity (Wildman–Crippen MR) is 93.3 cm³/mol. The summed E-state index contributed by atoms with van der Waals surface area (Å²) < 4.78 is 5.83. The van der Waals surface area contributed by atoms with Gasteiger partial charge in [0.15, 0.2) is 5.60 Å². The van der Waals surface area contributed by atoms with Gasteiger partial charge in [0.05, 0.1) is 5.69 Å². The fourth-order valence-electron chi connectivity index (χ4n) is 2.85. The Labute approximate surface area is 141 Å². The summed E-state index contributed by atoms with van der Waals surface area (Å²) in [5, 5.41) is 0.605. The molecule has 1 aliphatic heterocycles. The largest absolute Gasteiger partial charge is 0.476 e. The molecular formula is C19H20ClNO2. The van der Waals surface area contributed by atoms with Crippen LogP contribution >= 0.6 is 11.6 Å². The molecule has 0 aromatic heterocycles. The summed E-state index contributed by atoms with van der Waals surface area (Å²) in [5.74, 6) is 0.680. The molecule has 0 aliphatic carbocycles. The van der Waals surface area contributed by atoms with E-state index >= 15 is 0 Å². The van der Waals surface area contributed by atoms with Crippen LogP contribution < -0.4 is 9.64 Å². The maximum atomic E-state index is 12.7. The first kappa shape index (κ1) is 15.9. The van der Waals surface area contributed by atoms with E-state index in [-0.39, 0.29) is 5.91 Å². The van der Waals surface area contributed by atoms with Crippen LogP contribution in [0.4, 0.5) is 5.69 Å². The lowest BCUT2D eigenvalue weighted by molar-refractivity contribution is -0.132. The van der Waals surface area contributed by atoms with Crippen molar-refractivity contribution >= 4 is 23.2 Å². The number of amides is 1. The first-order valence-electron chi connectivity index (χ1n) is 7.82. The minimum Gasteiger partial charge on any atom is -0.476 e. The third-order valence-corrected chi connectivity index (χ3v) is 4.26. The lowest BCUT2D eigenvalue weighted by Crippen LogP contribution is -2.52. The van der Waals surface area contributed by atoms with Crippen molar-refractivity contribution in [2.45, 2.75) is 32.3 Å². The molecule has 0 unspecified atom stereocenters. The third kappa shape index (κ3) is 3.35. The number of hydrogen-bond acceptors (Lipinski definition) is 2. The molecule has 23 heavy (non-hydrogen) atoms. The molecule has 1 amide bonds. The highest BCUT2D eigenvalue weighted by Crippen LogP contribution is 2.39. The second kappa shape index (κ2) is 6.25. The molecule has 3 nitrogen and oxygen atoms in total. The van der Waals surface area contributed by atoms with Gasteiger partial charge in [-0.2, -0.15) is 0 Å². The average Bonchev–Trinajstić information content (AvgIpc) is 2.53. The summed E-state index contributed by atoms with van der Waals surface area (Å²) in [6, 6.07) is 15.7. The molecule has 3 rings (SSSR count).